The molecule has 0 heterocycles. The molecule has 0 saturated heterocycles. The Bertz CT molecular complexity index is 474. The number of carbonyl (C=O) groups is 3. The summed E-state index contributed by atoms with van der Waals surface area (Å²) in [4.78, 5) is 32.8. The van der Waals surface area contributed by atoms with Crippen molar-refractivity contribution >= 4 is 17.7 Å². The van der Waals surface area contributed by atoms with E-state index in [9.17, 15) is 14.4 Å². The first-order valence-electron chi connectivity index (χ1n) is 5.65. The second kappa shape index (κ2) is 6.53. The van der Waals surface area contributed by atoms with Crippen molar-refractivity contribution in [2.45, 2.75) is 19.8 Å². The van der Waals surface area contributed by atoms with E-state index in [1.54, 1.807) is 0 Å². The van der Waals surface area contributed by atoms with Gasteiger partial charge in [0.15, 0.2) is 5.78 Å². The van der Waals surface area contributed by atoms with E-state index < -0.39 is 11.9 Å². The van der Waals surface area contributed by atoms with Gasteiger partial charge in [0.2, 0.25) is 0 Å². The van der Waals surface area contributed by atoms with Gasteiger partial charge in [0, 0.05) is 6.42 Å². The number of carboxylic acids is 2. The van der Waals surface area contributed by atoms with E-state index in [-0.39, 0.29) is 42.1 Å². The van der Waals surface area contributed by atoms with Crippen molar-refractivity contribution in [1.82, 2.24) is 0 Å². The quantitative estimate of drug-likeness (QED) is 0.576. The maximum absolute atomic E-state index is 11.4. The molecule has 6 heteroatoms. The number of benzene rings is 1. The molecule has 2 N–H and O–H groups in total. The Kier molecular flexibility index (Phi) is 5.05. The van der Waals surface area contributed by atoms with E-state index in [1.807, 2.05) is 0 Å². The topological polar surface area (TPSA) is 101 Å². The summed E-state index contributed by atoms with van der Waals surface area (Å²) >= 11 is 0. The molecule has 1 aromatic rings. The zero-order valence-corrected chi connectivity index (χ0v) is 10.4. The van der Waals surface area contributed by atoms with Crippen molar-refractivity contribution in [3.05, 3.63) is 29.3 Å². The molecule has 0 spiro atoms. The van der Waals surface area contributed by atoms with Gasteiger partial charge >= 0.3 is 11.9 Å². The lowest BCUT2D eigenvalue weighted by atomic mass is 10.1. The third-order valence-electron chi connectivity index (χ3n) is 2.41. The van der Waals surface area contributed by atoms with Gasteiger partial charge in [0.25, 0.3) is 0 Å². The molecule has 0 unspecified atom stereocenters. The van der Waals surface area contributed by atoms with E-state index in [4.69, 9.17) is 14.9 Å². The van der Waals surface area contributed by atoms with Crippen molar-refractivity contribution in [2.24, 2.45) is 0 Å². The Morgan fingerprint density at radius 2 is 1.79 bits per heavy atom. The third-order valence-corrected chi connectivity index (χ3v) is 2.41. The van der Waals surface area contributed by atoms with E-state index in [2.05, 4.69) is 0 Å². The number of aromatic carboxylic acids is 1. The number of aliphatic carboxylic acids is 1. The van der Waals surface area contributed by atoms with Crippen LogP contribution in [0.4, 0.5) is 0 Å². The fraction of sp³-hybridized carbons (Fsp3) is 0.308. The molecule has 0 fully saturated rings. The molecular formula is C13H14O6. The van der Waals surface area contributed by atoms with Gasteiger partial charge in [-0.2, -0.15) is 0 Å². The average Bonchev–Trinajstić information content (AvgIpc) is 2.33. The Morgan fingerprint density at radius 3 is 2.32 bits per heavy atom. The number of carbonyl (C=O) groups excluding carboxylic acids is 1. The number of hydrogen-bond donors (Lipinski definition) is 2. The largest absolute Gasteiger partial charge is 0.492 e. The lowest BCUT2D eigenvalue weighted by Gasteiger charge is -2.12. The molecule has 0 radical (unpaired) electrons. The van der Waals surface area contributed by atoms with Gasteiger partial charge in [-0.25, -0.2) is 4.79 Å². The number of para-hydroxylation sites is 1. The first kappa shape index (κ1) is 14.7. The summed E-state index contributed by atoms with van der Waals surface area (Å²) in [5.41, 5.74) is 0.0678. The van der Waals surface area contributed by atoms with Crippen molar-refractivity contribution in [3.8, 4) is 5.75 Å². The maximum atomic E-state index is 11.4. The molecule has 1 aromatic carbocycles. The summed E-state index contributed by atoms with van der Waals surface area (Å²) in [5.74, 6) is -2.47. The minimum absolute atomic E-state index is 0.00658. The van der Waals surface area contributed by atoms with E-state index in [0.29, 0.717) is 0 Å². The van der Waals surface area contributed by atoms with Gasteiger partial charge in [-0.05, 0) is 25.5 Å². The van der Waals surface area contributed by atoms with Gasteiger partial charge in [-0.15, -0.1) is 0 Å². The number of Topliss-reactive ketones (excluding diaryl/α,β-unsaturated/α-hetero) is 1. The molecule has 1 rings (SSSR count). The summed E-state index contributed by atoms with van der Waals surface area (Å²) in [6.07, 6.45) is 0.158. The predicted molar refractivity (Wildman–Crippen MR) is 65.8 cm³/mol. The number of carboxylic acid groups (broad SMARTS) is 2. The highest BCUT2D eigenvalue weighted by Gasteiger charge is 2.17. The second-order valence-electron chi connectivity index (χ2n) is 3.89. The van der Waals surface area contributed by atoms with Crippen LogP contribution in [0.3, 0.4) is 0 Å². The van der Waals surface area contributed by atoms with Crippen LogP contribution in [-0.4, -0.2) is 34.5 Å². The van der Waals surface area contributed by atoms with Crippen LogP contribution in [0.1, 0.15) is 40.5 Å². The standard InChI is InChI=1S/C13H14O6/c1-8(14)9-4-2-5-10(13(17)18)12(9)19-7-3-6-11(15)16/h2,4-5H,3,6-7H2,1H3,(H,15,16)(H,17,18). The smallest absolute Gasteiger partial charge is 0.339 e. The van der Waals surface area contributed by atoms with Gasteiger partial charge in [-0.1, -0.05) is 6.07 Å². The zero-order valence-electron chi connectivity index (χ0n) is 10.4. The van der Waals surface area contributed by atoms with Crippen LogP contribution in [0, 0.1) is 0 Å². The van der Waals surface area contributed by atoms with Crippen LogP contribution >= 0.6 is 0 Å². The molecule has 19 heavy (non-hydrogen) atoms. The number of hydrogen-bond acceptors (Lipinski definition) is 4. The molecular weight excluding hydrogens is 252 g/mol. The molecule has 0 atom stereocenters. The van der Waals surface area contributed by atoms with Crippen LogP contribution in [0.15, 0.2) is 18.2 Å². The fourth-order valence-corrected chi connectivity index (χ4v) is 1.54. The Hall–Kier alpha value is -2.37. The molecule has 0 aliphatic carbocycles. The zero-order chi connectivity index (χ0) is 14.4. The summed E-state index contributed by atoms with van der Waals surface area (Å²) in [5, 5.41) is 17.5. The monoisotopic (exact) mass is 266 g/mol. The van der Waals surface area contributed by atoms with E-state index >= 15 is 0 Å². The van der Waals surface area contributed by atoms with Crippen LogP contribution in [0.5, 0.6) is 5.75 Å². The fourth-order valence-electron chi connectivity index (χ4n) is 1.54. The van der Waals surface area contributed by atoms with Crippen LogP contribution in [-0.2, 0) is 4.79 Å². The molecule has 0 aliphatic rings. The Labute approximate surface area is 109 Å². The van der Waals surface area contributed by atoms with Gasteiger partial charge in [-0.3, -0.25) is 9.59 Å². The van der Waals surface area contributed by atoms with Crippen molar-refractivity contribution in [2.75, 3.05) is 6.61 Å². The van der Waals surface area contributed by atoms with Crippen molar-refractivity contribution in [1.29, 1.82) is 0 Å². The highest BCUT2D eigenvalue weighted by molar-refractivity contribution is 6.01. The highest BCUT2D eigenvalue weighted by atomic mass is 16.5. The molecule has 102 valence electrons. The van der Waals surface area contributed by atoms with E-state index in [1.165, 1.54) is 25.1 Å². The first-order chi connectivity index (χ1) is 8.93. The second-order valence-corrected chi connectivity index (χ2v) is 3.89. The number of ketones is 1. The summed E-state index contributed by atoms with van der Waals surface area (Å²) < 4.78 is 5.28. The van der Waals surface area contributed by atoms with Gasteiger partial charge in [0.1, 0.15) is 11.3 Å². The highest BCUT2D eigenvalue weighted by Crippen LogP contribution is 2.25. The molecule has 0 aliphatic heterocycles. The third kappa shape index (κ3) is 4.09. The SMILES string of the molecule is CC(=O)c1cccc(C(=O)O)c1OCCCC(=O)O. The normalized spacial score (nSPS) is 9.95. The molecule has 0 aromatic heterocycles. The minimum atomic E-state index is -1.20. The van der Waals surface area contributed by atoms with E-state index in [0.717, 1.165) is 0 Å². The molecule has 0 bridgehead atoms. The van der Waals surface area contributed by atoms with Crippen LogP contribution in [0.2, 0.25) is 0 Å². The predicted octanol–water partition coefficient (Wildman–Crippen LogP) is 1.83. The Balaban J connectivity index is 2.92. The maximum Gasteiger partial charge on any atom is 0.339 e. The molecule has 0 amide bonds. The Morgan fingerprint density at radius 1 is 1.16 bits per heavy atom. The van der Waals surface area contributed by atoms with Gasteiger partial charge < -0.3 is 14.9 Å². The number of ether oxygens (including phenoxy) is 1. The van der Waals surface area contributed by atoms with Crippen LogP contribution in [0.25, 0.3) is 0 Å². The summed E-state index contributed by atoms with van der Waals surface area (Å²) in [6.45, 7) is 1.35. The average molecular weight is 266 g/mol. The summed E-state index contributed by atoms with van der Waals surface area (Å²) in [7, 11) is 0. The van der Waals surface area contributed by atoms with Crippen molar-refractivity contribution in [3.63, 3.8) is 0 Å². The molecule has 0 saturated carbocycles. The van der Waals surface area contributed by atoms with Gasteiger partial charge in [0.05, 0.1) is 12.2 Å². The minimum Gasteiger partial charge on any atom is -0.492 e. The van der Waals surface area contributed by atoms with Crippen molar-refractivity contribution < 1.29 is 29.3 Å². The lowest BCUT2D eigenvalue weighted by Crippen LogP contribution is -2.10. The number of rotatable bonds is 7. The first-order valence-corrected chi connectivity index (χ1v) is 5.65. The summed E-state index contributed by atoms with van der Waals surface area (Å²) in [6, 6.07) is 4.27. The van der Waals surface area contributed by atoms with Crippen LogP contribution < -0.4 is 4.74 Å². The molecule has 6 nitrogen and oxygen atoms in total. The lowest BCUT2D eigenvalue weighted by molar-refractivity contribution is -0.137.